The van der Waals surface area contributed by atoms with Crippen LogP contribution in [0.1, 0.15) is 10.5 Å². The highest BCUT2D eigenvalue weighted by Crippen LogP contribution is 2.32. The van der Waals surface area contributed by atoms with Crippen LogP contribution in [0.25, 0.3) is 16.4 Å². The number of hydrogen-bond donors (Lipinski definition) is 0. The molecule has 0 aliphatic rings. The molecule has 3 rings (SSSR count). The molecule has 0 saturated carbocycles. The van der Waals surface area contributed by atoms with Gasteiger partial charge in [-0.25, -0.2) is 4.98 Å². The zero-order chi connectivity index (χ0) is 14.1. The molecule has 100 valence electrons. The summed E-state index contributed by atoms with van der Waals surface area (Å²) in [7, 11) is 0. The van der Waals surface area contributed by atoms with E-state index in [1.807, 2.05) is 11.4 Å². The fraction of sp³-hybridized carbons (Fsp3) is 0. The molecule has 0 N–H and O–H groups in total. The lowest BCUT2D eigenvalue weighted by atomic mass is 10.2. The number of benzene rings is 1. The minimum absolute atomic E-state index is 0.553. The van der Waals surface area contributed by atoms with Crippen molar-refractivity contribution in [2.75, 3.05) is 0 Å². The number of thiazole rings is 1. The fourth-order valence-electron chi connectivity index (χ4n) is 1.86. The second kappa shape index (κ2) is 5.40. The van der Waals surface area contributed by atoms with Crippen LogP contribution in [0.15, 0.2) is 41.9 Å². The Hall–Kier alpha value is -1.62. The van der Waals surface area contributed by atoms with Crippen LogP contribution in [-0.4, -0.2) is 15.8 Å². The van der Waals surface area contributed by atoms with Gasteiger partial charge >= 0.3 is 0 Å². The maximum Gasteiger partial charge on any atom is 0.194 e. The normalized spacial score (nSPS) is 10.7. The molecule has 0 amide bonds. The van der Waals surface area contributed by atoms with Crippen molar-refractivity contribution in [2.24, 2.45) is 0 Å². The van der Waals surface area contributed by atoms with E-state index >= 15 is 0 Å². The third-order valence-electron chi connectivity index (χ3n) is 2.81. The van der Waals surface area contributed by atoms with E-state index in [0.29, 0.717) is 15.7 Å². The van der Waals surface area contributed by atoms with Crippen LogP contribution in [0.2, 0.25) is 10.0 Å². The molecule has 3 aromatic rings. The van der Waals surface area contributed by atoms with E-state index in [-0.39, 0.29) is 0 Å². The molecule has 3 nitrogen and oxygen atoms in total. The molecule has 1 aromatic carbocycles. The summed E-state index contributed by atoms with van der Waals surface area (Å²) in [6.45, 7) is 0. The monoisotopic (exact) mass is 322 g/mol. The number of aldehydes is 1. The van der Waals surface area contributed by atoms with Gasteiger partial charge in [0, 0.05) is 22.2 Å². The second-order valence-corrected chi connectivity index (χ2v) is 5.74. The van der Waals surface area contributed by atoms with Crippen LogP contribution >= 0.6 is 34.5 Å². The van der Waals surface area contributed by atoms with Crippen molar-refractivity contribution >= 4 is 40.8 Å². The molecule has 0 radical (unpaired) electrons. The number of rotatable bonds is 3. The van der Waals surface area contributed by atoms with E-state index < -0.39 is 0 Å². The molecule has 0 atom stereocenters. The third kappa shape index (κ3) is 2.38. The number of halogens is 2. The fourth-order valence-corrected chi connectivity index (χ4v) is 3.19. The van der Waals surface area contributed by atoms with Crippen molar-refractivity contribution in [3.05, 3.63) is 57.6 Å². The Morgan fingerprint density at radius 2 is 2.10 bits per heavy atom. The Bertz CT molecular complexity index is 779. The van der Waals surface area contributed by atoms with Crippen LogP contribution in [0.4, 0.5) is 0 Å². The Morgan fingerprint density at radius 1 is 1.25 bits per heavy atom. The molecule has 6 heteroatoms. The van der Waals surface area contributed by atoms with E-state index in [4.69, 9.17) is 23.2 Å². The molecular formula is C14H8Cl2N2OS. The van der Waals surface area contributed by atoms with Gasteiger partial charge in [-0.15, -0.1) is 11.3 Å². The summed E-state index contributed by atoms with van der Waals surface area (Å²) in [6, 6.07) is 8.83. The highest BCUT2D eigenvalue weighted by atomic mass is 35.5. The number of hydrogen-bond acceptors (Lipinski definition) is 3. The van der Waals surface area contributed by atoms with E-state index in [9.17, 15) is 4.79 Å². The van der Waals surface area contributed by atoms with E-state index in [2.05, 4.69) is 4.98 Å². The van der Waals surface area contributed by atoms with Crippen molar-refractivity contribution in [3.8, 4) is 16.4 Å². The van der Waals surface area contributed by atoms with Gasteiger partial charge in [-0.2, -0.15) is 0 Å². The minimum Gasteiger partial charge on any atom is -0.296 e. The van der Waals surface area contributed by atoms with Gasteiger partial charge in [0.05, 0.1) is 16.4 Å². The van der Waals surface area contributed by atoms with Gasteiger partial charge in [0.25, 0.3) is 0 Å². The molecule has 0 unspecified atom stereocenters. The SMILES string of the molecule is O=Cc1cccn1-c1nc(-c2ccc(Cl)cc2Cl)cs1. The maximum absolute atomic E-state index is 11.0. The number of nitrogens with zero attached hydrogens (tertiary/aromatic N) is 2. The zero-order valence-electron chi connectivity index (χ0n) is 10.1. The van der Waals surface area contributed by atoms with Crippen molar-refractivity contribution in [2.45, 2.75) is 0 Å². The largest absolute Gasteiger partial charge is 0.296 e. The standard InChI is InChI=1S/C14H8Cl2N2OS/c15-9-3-4-11(12(16)6-9)13-8-20-14(17-13)18-5-1-2-10(18)7-19/h1-8H. The summed E-state index contributed by atoms with van der Waals surface area (Å²) in [6.07, 6.45) is 2.60. The first-order valence-electron chi connectivity index (χ1n) is 5.73. The van der Waals surface area contributed by atoms with Gasteiger partial charge in [-0.1, -0.05) is 23.2 Å². The van der Waals surface area contributed by atoms with Crippen LogP contribution in [-0.2, 0) is 0 Å². The lowest BCUT2D eigenvalue weighted by Crippen LogP contribution is -1.96. The summed E-state index contributed by atoms with van der Waals surface area (Å²) >= 11 is 13.5. The van der Waals surface area contributed by atoms with E-state index in [1.165, 1.54) is 11.3 Å². The van der Waals surface area contributed by atoms with Crippen LogP contribution in [0, 0.1) is 0 Å². The molecule has 0 fully saturated rings. The van der Waals surface area contributed by atoms with E-state index in [1.54, 1.807) is 35.0 Å². The third-order valence-corrected chi connectivity index (χ3v) is 4.19. The molecular weight excluding hydrogens is 315 g/mol. The van der Waals surface area contributed by atoms with E-state index in [0.717, 1.165) is 22.7 Å². The maximum atomic E-state index is 11.0. The Morgan fingerprint density at radius 3 is 2.85 bits per heavy atom. The lowest BCUT2D eigenvalue weighted by Gasteiger charge is -2.01. The second-order valence-electron chi connectivity index (χ2n) is 4.06. The van der Waals surface area contributed by atoms with Gasteiger partial charge in [0.2, 0.25) is 0 Å². The number of carbonyl (C=O) groups is 1. The Kier molecular flexibility index (Phi) is 3.61. The van der Waals surface area contributed by atoms with Gasteiger partial charge in [-0.05, 0) is 30.3 Å². The van der Waals surface area contributed by atoms with Crippen molar-refractivity contribution in [1.29, 1.82) is 0 Å². The molecule has 2 aromatic heterocycles. The first-order valence-corrected chi connectivity index (χ1v) is 7.36. The predicted molar refractivity (Wildman–Crippen MR) is 82.3 cm³/mol. The number of carbonyl (C=O) groups excluding carboxylic acids is 1. The first kappa shape index (κ1) is 13.4. The molecule has 0 aliphatic carbocycles. The topological polar surface area (TPSA) is 34.9 Å². The van der Waals surface area contributed by atoms with Gasteiger partial charge in [-0.3, -0.25) is 9.36 Å². The highest BCUT2D eigenvalue weighted by Gasteiger charge is 2.11. The van der Waals surface area contributed by atoms with Gasteiger partial charge in [0.15, 0.2) is 11.4 Å². The van der Waals surface area contributed by atoms with Crippen LogP contribution < -0.4 is 0 Å². The highest BCUT2D eigenvalue weighted by molar-refractivity contribution is 7.12. The first-order chi connectivity index (χ1) is 9.69. The Balaban J connectivity index is 2.04. The quantitative estimate of drug-likeness (QED) is 0.654. The summed E-state index contributed by atoms with van der Waals surface area (Å²) in [5, 5.41) is 3.76. The molecule has 20 heavy (non-hydrogen) atoms. The molecule has 0 spiro atoms. The summed E-state index contributed by atoms with van der Waals surface area (Å²) in [5.41, 5.74) is 2.14. The van der Waals surface area contributed by atoms with Crippen molar-refractivity contribution < 1.29 is 4.79 Å². The van der Waals surface area contributed by atoms with Gasteiger partial charge in [0.1, 0.15) is 0 Å². The number of aromatic nitrogens is 2. The van der Waals surface area contributed by atoms with Crippen LogP contribution in [0.5, 0.6) is 0 Å². The van der Waals surface area contributed by atoms with Gasteiger partial charge < -0.3 is 0 Å². The van der Waals surface area contributed by atoms with Crippen molar-refractivity contribution in [3.63, 3.8) is 0 Å². The predicted octanol–water partition coefficient (Wildman–Crippen LogP) is 4.72. The average molecular weight is 323 g/mol. The summed E-state index contributed by atoms with van der Waals surface area (Å²) < 4.78 is 1.74. The smallest absolute Gasteiger partial charge is 0.194 e. The van der Waals surface area contributed by atoms with Crippen molar-refractivity contribution in [1.82, 2.24) is 9.55 Å². The summed E-state index contributed by atoms with van der Waals surface area (Å²) in [5.74, 6) is 0. The average Bonchev–Trinajstić information content (AvgIpc) is 3.06. The molecule has 0 saturated heterocycles. The molecule has 2 heterocycles. The zero-order valence-corrected chi connectivity index (χ0v) is 12.4. The minimum atomic E-state index is 0.553. The Labute approximate surface area is 129 Å². The lowest BCUT2D eigenvalue weighted by molar-refractivity contribution is 0.111. The van der Waals surface area contributed by atoms with Crippen LogP contribution in [0.3, 0.4) is 0 Å². The molecule has 0 bridgehead atoms. The summed E-state index contributed by atoms with van der Waals surface area (Å²) in [4.78, 5) is 15.5. The molecule has 0 aliphatic heterocycles.